The minimum Gasteiger partial charge on any atom is -0.494 e. The Bertz CT molecular complexity index is 699. The highest BCUT2D eigenvalue weighted by atomic mass is 16.5. The third kappa shape index (κ3) is 6.89. The molecule has 2 aromatic carbocycles. The molecule has 0 saturated carbocycles. The van der Waals surface area contributed by atoms with E-state index in [-0.39, 0.29) is 12.5 Å². The molecule has 0 spiro atoms. The number of unbranched alkanes of at least 4 members (excludes halogenated alkanes) is 1. The molecule has 1 amide bonds. The summed E-state index contributed by atoms with van der Waals surface area (Å²) in [6, 6.07) is 14.9. The van der Waals surface area contributed by atoms with Gasteiger partial charge in [-0.25, -0.2) is 0 Å². The fourth-order valence-corrected chi connectivity index (χ4v) is 2.21. The van der Waals surface area contributed by atoms with Crippen LogP contribution in [-0.4, -0.2) is 25.7 Å². The van der Waals surface area contributed by atoms with E-state index in [1.165, 1.54) is 0 Å². The third-order valence-corrected chi connectivity index (χ3v) is 3.56. The zero-order valence-corrected chi connectivity index (χ0v) is 15.2. The van der Waals surface area contributed by atoms with Crippen molar-refractivity contribution in [1.29, 1.82) is 0 Å². The Morgan fingerprint density at radius 3 is 2.62 bits per heavy atom. The van der Waals surface area contributed by atoms with E-state index >= 15 is 0 Å². The first-order chi connectivity index (χ1) is 12.7. The molecule has 5 nitrogen and oxygen atoms in total. The van der Waals surface area contributed by atoms with E-state index in [9.17, 15) is 4.79 Å². The molecule has 0 unspecified atom stereocenters. The predicted molar refractivity (Wildman–Crippen MR) is 106 cm³/mol. The van der Waals surface area contributed by atoms with Gasteiger partial charge >= 0.3 is 0 Å². The fourth-order valence-electron chi connectivity index (χ4n) is 2.21. The minimum atomic E-state index is -0.123. The van der Waals surface area contributed by atoms with E-state index < -0.39 is 0 Å². The predicted octanol–water partition coefficient (Wildman–Crippen LogP) is 4.48. The first-order valence-corrected chi connectivity index (χ1v) is 8.81. The van der Waals surface area contributed by atoms with Crippen molar-refractivity contribution in [2.24, 2.45) is 0 Å². The number of hydrogen-bond donors (Lipinski definition) is 2. The maximum atomic E-state index is 12.1. The number of anilines is 2. The molecule has 138 valence electrons. The van der Waals surface area contributed by atoms with Crippen molar-refractivity contribution in [3.05, 3.63) is 61.2 Å². The summed E-state index contributed by atoms with van der Waals surface area (Å²) in [5.74, 6) is 1.42. The van der Waals surface area contributed by atoms with Crippen LogP contribution in [0.3, 0.4) is 0 Å². The van der Waals surface area contributed by atoms with E-state index in [0.717, 1.165) is 35.7 Å². The van der Waals surface area contributed by atoms with Crippen LogP contribution >= 0.6 is 0 Å². The van der Waals surface area contributed by atoms with Crippen molar-refractivity contribution in [3.8, 4) is 11.5 Å². The van der Waals surface area contributed by atoms with Gasteiger partial charge in [0.25, 0.3) is 0 Å². The third-order valence-electron chi connectivity index (χ3n) is 3.56. The van der Waals surface area contributed by atoms with Gasteiger partial charge in [-0.15, -0.1) is 0 Å². The number of rotatable bonds is 11. The van der Waals surface area contributed by atoms with Gasteiger partial charge in [0.05, 0.1) is 13.2 Å². The number of carbonyl (C=O) groups is 1. The lowest BCUT2D eigenvalue weighted by molar-refractivity contribution is -0.114. The lowest BCUT2D eigenvalue weighted by atomic mass is 10.3. The van der Waals surface area contributed by atoms with Crippen LogP contribution in [0.5, 0.6) is 11.5 Å². The van der Waals surface area contributed by atoms with Gasteiger partial charge in [0, 0.05) is 17.4 Å². The average molecular weight is 354 g/mol. The SMILES string of the molecule is C=CCOc1cccc(NCC(=O)Nc2ccc(OCCCC)cc2)c1. The molecule has 0 aliphatic carbocycles. The number of amides is 1. The van der Waals surface area contributed by atoms with Gasteiger partial charge in [0.1, 0.15) is 18.1 Å². The van der Waals surface area contributed by atoms with Crippen LogP contribution in [0, 0.1) is 0 Å². The van der Waals surface area contributed by atoms with Crippen LogP contribution in [0.1, 0.15) is 19.8 Å². The average Bonchev–Trinajstić information content (AvgIpc) is 2.67. The van der Waals surface area contributed by atoms with Gasteiger partial charge in [0.15, 0.2) is 0 Å². The Hall–Kier alpha value is -2.95. The quantitative estimate of drug-likeness (QED) is 0.461. The molecule has 0 aromatic heterocycles. The second-order valence-corrected chi connectivity index (χ2v) is 5.76. The molecule has 0 aliphatic rings. The van der Waals surface area contributed by atoms with Crippen molar-refractivity contribution in [3.63, 3.8) is 0 Å². The summed E-state index contributed by atoms with van der Waals surface area (Å²) < 4.78 is 11.1. The van der Waals surface area contributed by atoms with Crippen LogP contribution in [0.2, 0.25) is 0 Å². The number of ether oxygens (including phenoxy) is 2. The Balaban J connectivity index is 1.78. The summed E-state index contributed by atoms with van der Waals surface area (Å²) in [6.07, 6.45) is 3.82. The molecule has 0 heterocycles. The Labute approximate surface area is 155 Å². The van der Waals surface area contributed by atoms with Crippen molar-refractivity contribution >= 4 is 17.3 Å². The lowest BCUT2D eigenvalue weighted by Crippen LogP contribution is -2.21. The Morgan fingerprint density at radius 1 is 1.08 bits per heavy atom. The Morgan fingerprint density at radius 2 is 1.88 bits per heavy atom. The topological polar surface area (TPSA) is 59.6 Å². The van der Waals surface area contributed by atoms with E-state index in [1.807, 2.05) is 48.5 Å². The van der Waals surface area contributed by atoms with Crippen LogP contribution < -0.4 is 20.1 Å². The van der Waals surface area contributed by atoms with Crippen molar-refractivity contribution in [1.82, 2.24) is 0 Å². The summed E-state index contributed by atoms with van der Waals surface area (Å²) in [5, 5.41) is 5.94. The van der Waals surface area contributed by atoms with E-state index in [4.69, 9.17) is 9.47 Å². The van der Waals surface area contributed by atoms with Crippen molar-refractivity contribution < 1.29 is 14.3 Å². The largest absolute Gasteiger partial charge is 0.494 e. The first kappa shape index (κ1) is 19.4. The molecular formula is C21H26N2O3. The van der Waals surface area contributed by atoms with Crippen molar-refractivity contribution in [2.45, 2.75) is 19.8 Å². The van der Waals surface area contributed by atoms with Crippen LogP contribution in [0.4, 0.5) is 11.4 Å². The maximum Gasteiger partial charge on any atom is 0.243 e. The summed E-state index contributed by atoms with van der Waals surface area (Å²) >= 11 is 0. The van der Waals surface area contributed by atoms with Crippen LogP contribution in [0.15, 0.2) is 61.2 Å². The molecule has 5 heteroatoms. The van der Waals surface area contributed by atoms with Gasteiger partial charge in [-0.2, -0.15) is 0 Å². The molecule has 0 fully saturated rings. The van der Waals surface area contributed by atoms with Gasteiger partial charge in [-0.05, 0) is 42.8 Å². The number of carbonyl (C=O) groups excluding carboxylic acids is 1. The molecule has 2 aromatic rings. The molecule has 0 bridgehead atoms. The monoisotopic (exact) mass is 354 g/mol. The van der Waals surface area contributed by atoms with Gasteiger partial charge < -0.3 is 20.1 Å². The van der Waals surface area contributed by atoms with E-state index in [1.54, 1.807) is 6.08 Å². The second kappa shape index (κ2) is 10.8. The summed E-state index contributed by atoms with van der Waals surface area (Å²) in [6.45, 7) is 7.07. The highest BCUT2D eigenvalue weighted by Gasteiger charge is 2.04. The second-order valence-electron chi connectivity index (χ2n) is 5.76. The number of benzene rings is 2. The van der Waals surface area contributed by atoms with Gasteiger partial charge in [0.2, 0.25) is 5.91 Å². The van der Waals surface area contributed by atoms with Crippen LogP contribution in [0.25, 0.3) is 0 Å². The highest BCUT2D eigenvalue weighted by molar-refractivity contribution is 5.93. The summed E-state index contributed by atoms with van der Waals surface area (Å²) in [5.41, 5.74) is 1.56. The fraction of sp³-hybridized carbons (Fsp3) is 0.286. The molecule has 0 aliphatic heterocycles. The highest BCUT2D eigenvalue weighted by Crippen LogP contribution is 2.18. The Kier molecular flexibility index (Phi) is 8.06. The van der Waals surface area contributed by atoms with Crippen molar-refractivity contribution in [2.75, 3.05) is 30.4 Å². The minimum absolute atomic E-state index is 0.123. The van der Waals surface area contributed by atoms with Gasteiger partial charge in [-0.3, -0.25) is 4.79 Å². The van der Waals surface area contributed by atoms with E-state index in [2.05, 4.69) is 24.1 Å². The smallest absolute Gasteiger partial charge is 0.243 e. The van der Waals surface area contributed by atoms with E-state index in [0.29, 0.717) is 13.2 Å². The molecule has 2 N–H and O–H groups in total. The summed E-state index contributed by atoms with van der Waals surface area (Å²) in [7, 11) is 0. The van der Waals surface area contributed by atoms with Crippen LogP contribution in [-0.2, 0) is 4.79 Å². The maximum absolute atomic E-state index is 12.1. The zero-order chi connectivity index (χ0) is 18.6. The molecule has 26 heavy (non-hydrogen) atoms. The summed E-state index contributed by atoms with van der Waals surface area (Å²) in [4.78, 5) is 12.1. The molecular weight excluding hydrogens is 328 g/mol. The number of nitrogens with one attached hydrogen (secondary N) is 2. The lowest BCUT2D eigenvalue weighted by Gasteiger charge is -2.10. The molecule has 0 radical (unpaired) electrons. The molecule has 0 saturated heterocycles. The molecule has 0 atom stereocenters. The standard InChI is InChI=1S/C21H26N2O3/c1-3-5-14-26-19-11-9-17(10-12-19)23-21(24)16-22-18-7-6-8-20(15-18)25-13-4-2/h4,6-12,15,22H,2-3,5,13-14,16H2,1H3,(H,23,24). The molecule has 2 rings (SSSR count). The zero-order valence-electron chi connectivity index (χ0n) is 15.2. The van der Waals surface area contributed by atoms with Gasteiger partial charge in [-0.1, -0.05) is 32.1 Å². The number of hydrogen-bond acceptors (Lipinski definition) is 4. The first-order valence-electron chi connectivity index (χ1n) is 8.81. The normalized spacial score (nSPS) is 10.0.